The first kappa shape index (κ1) is 14.5. The zero-order chi connectivity index (χ0) is 13.2. The second-order valence-corrected chi connectivity index (χ2v) is 3.69. The summed E-state index contributed by atoms with van der Waals surface area (Å²) in [5.74, 6) is -0.620. The third kappa shape index (κ3) is 5.16. The Morgan fingerprint density at radius 1 is 1.11 bits per heavy atom. The molecule has 0 fully saturated rings. The first-order chi connectivity index (χ1) is 8.75. The summed E-state index contributed by atoms with van der Waals surface area (Å²) in [7, 11) is 0. The van der Waals surface area contributed by atoms with Gasteiger partial charge in [0, 0.05) is 26.2 Å². The predicted molar refractivity (Wildman–Crippen MR) is 66.0 cm³/mol. The van der Waals surface area contributed by atoms with Crippen LogP contribution in [0.2, 0.25) is 0 Å². The van der Waals surface area contributed by atoms with E-state index in [0.717, 1.165) is 0 Å². The maximum atomic E-state index is 10.9. The molecule has 100 valence electrons. The topological polar surface area (TPSA) is 76.0 Å². The molecule has 0 heterocycles. The summed E-state index contributed by atoms with van der Waals surface area (Å²) in [6.07, 6.45) is 1.31. The fraction of sp³-hybridized carbons (Fsp3) is 0.462. The van der Waals surface area contributed by atoms with Gasteiger partial charge in [-0.15, -0.1) is 0 Å². The van der Waals surface area contributed by atoms with Crippen molar-refractivity contribution in [1.82, 2.24) is 0 Å². The van der Waals surface area contributed by atoms with E-state index >= 15 is 0 Å². The quantitative estimate of drug-likeness (QED) is 0.654. The average Bonchev–Trinajstić information content (AvgIpc) is 2.38. The zero-order valence-corrected chi connectivity index (χ0v) is 10.2. The number of ether oxygens (including phenoxy) is 2. The minimum absolute atomic E-state index is 0.127. The minimum atomic E-state index is -0.996. The van der Waals surface area contributed by atoms with Crippen molar-refractivity contribution in [2.24, 2.45) is 0 Å². The van der Waals surface area contributed by atoms with Gasteiger partial charge in [0.05, 0.1) is 6.61 Å². The van der Waals surface area contributed by atoms with Crippen molar-refractivity contribution < 1.29 is 24.5 Å². The molecule has 0 bridgehead atoms. The van der Waals surface area contributed by atoms with Crippen LogP contribution in [0.4, 0.5) is 0 Å². The molecule has 0 radical (unpaired) electrons. The Hall–Kier alpha value is -1.59. The first-order valence-corrected chi connectivity index (χ1v) is 5.89. The van der Waals surface area contributed by atoms with Gasteiger partial charge in [0.1, 0.15) is 11.3 Å². The molecule has 0 aliphatic carbocycles. The van der Waals surface area contributed by atoms with Gasteiger partial charge < -0.3 is 19.7 Å². The number of hydrogen-bond acceptors (Lipinski definition) is 4. The van der Waals surface area contributed by atoms with Crippen LogP contribution >= 0.6 is 0 Å². The minimum Gasteiger partial charge on any atom is -0.493 e. The normalized spacial score (nSPS) is 10.3. The van der Waals surface area contributed by atoms with E-state index in [1.54, 1.807) is 18.2 Å². The van der Waals surface area contributed by atoms with E-state index in [0.29, 0.717) is 38.4 Å². The number of para-hydroxylation sites is 1. The third-order valence-corrected chi connectivity index (χ3v) is 2.25. The van der Waals surface area contributed by atoms with Crippen LogP contribution in [0, 0.1) is 0 Å². The third-order valence-electron chi connectivity index (χ3n) is 2.25. The lowest BCUT2D eigenvalue weighted by Gasteiger charge is -2.08. The van der Waals surface area contributed by atoms with Crippen molar-refractivity contribution in [3.8, 4) is 5.75 Å². The standard InChI is InChI=1S/C13H18O5/c14-7-3-8-17-9-4-10-18-12-6-2-1-5-11(12)13(15)16/h1-2,5-6,14H,3-4,7-10H2,(H,15,16). The van der Waals surface area contributed by atoms with Crippen LogP contribution in [-0.4, -0.2) is 42.6 Å². The highest BCUT2D eigenvalue weighted by atomic mass is 16.5. The van der Waals surface area contributed by atoms with Crippen LogP contribution in [0.3, 0.4) is 0 Å². The lowest BCUT2D eigenvalue weighted by atomic mass is 10.2. The van der Waals surface area contributed by atoms with Crippen molar-refractivity contribution in [3.05, 3.63) is 29.8 Å². The molecule has 0 unspecified atom stereocenters. The fourth-order valence-electron chi connectivity index (χ4n) is 1.38. The molecule has 1 aromatic carbocycles. The SMILES string of the molecule is O=C(O)c1ccccc1OCCCOCCCO. The fourth-order valence-corrected chi connectivity index (χ4v) is 1.38. The van der Waals surface area contributed by atoms with Crippen LogP contribution in [0.1, 0.15) is 23.2 Å². The maximum absolute atomic E-state index is 10.9. The summed E-state index contributed by atoms with van der Waals surface area (Å²) >= 11 is 0. The van der Waals surface area contributed by atoms with Gasteiger partial charge in [0.2, 0.25) is 0 Å². The molecule has 18 heavy (non-hydrogen) atoms. The molecular formula is C13H18O5. The van der Waals surface area contributed by atoms with Crippen LogP contribution < -0.4 is 4.74 Å². The van der Waals surface area contributed by atoms with E-state index in [4.69, 9.17) is 19.7 Å². The van der Waals surface area contributed by atoms with Gasteiger partial charge in [-0.05, 0) is 18.6 Å². The summed E-state index contributed by atoms with van der Waals surface area (Å²) in [6.45, 7) is 1.60. The molecule has 0 atom stereocenters. The molecule has 0 aromatic heterocycles. The number of aliphatic hydroxyl groups is 1. The smallest absolute Gasteiger partial charge is 0.339 e. The average molecular weight is 254 g/mol. The number of benzene rings is 1. The number of carboxylic acid groups (broad SMARTS) is 1. The Balaban J connectivity index is 2.25. The van der Waals surface area contributed by atoms with Crippen molar-refractivity contribution in [2.75, 3.05) is 26.4 Å². The Bertz CT molecular complexity index is 364. The summed E-state index contributed by atoms with van der Waals surface area (Å²) in [5.41, 5.74) is 0.165. The molecule has 0 aliphatic heterocycles. The van der Waals surface area contributed by atoms with E-state index in [1.165, 1.54) is 6.07 Å². The first-order valence-electron chi connectivity index (χ1n) is 5.89. The molecule has 5 heteroatoms. The Labute approximate surface area is 106 Å². The Morgan fingerprint density at radius 3 is 2.56 bits per heavy atom. The molecule has 0 saturated carbocycles. The van der Waals surface area contributed by atoms with E-state index in [2.05, 4.69) is 0 Å². The number of carboxylic acids is 1. The molecule has 0 amide bonds. The van der Waals surface area contributed by atoms with Crippen molar-refractivity contribution in [2.45, 2.75) is 12.8 Å². The summed E-state index contributed by atoms with van der Waals surface area (Å²) in [5, 5.41) is 17.5. The summed E-state index contributed by atoms with van der Waals surface area (Å²) in [6, 6.07) is 6.54. The largest absolute Gasteiger partial charge is 0.493 e. The van der Waals surface area contributed by atoms with Crippen LogP contribution in [0.5, 0.6) is 5.75 Å². The lowest BCUT2D eigenvalue weighted by molar-refractivity contribution is 0.0691. The molecule has 0 aliphatic rings. The van der Waals surface area contributed by atoms with Crippen LogP contribution in [0.15, 0.2) is 24.3 Å². The van der Waals surface area contributed by atoms with Crippen LogP contribution in [0.25, 0.3) is 0 Å². The molecular weight excluding hydrogens is 236 g/mol. The lowest BCUT2D eigenvalue weighted by Crippen LogP contribution is -2.07. The van der Waals surface area contributed by atoms with E-state index in [-0.39, 0.29) is 12.2 Å². The second-order valence-electron chi connectivity index (χ2n) is 3.69. The monoisotopic (exact) mass is 254 g/mol. The molecule has 0 saturated heterocycles. The van der Waals surface area contributed by atoms with Gasteiger partial charge in [0.25, 0.3) is 0 Å². The highest BCUT2D eigenvalue weighted by molar-refractivity contribution is 5.90. The maximum Gasteiger partial charge on any atom is 0.339 e. The molecule has 1 aromatic rings. The van der Waals surface area contributed by atoms with E-state index < -0.39 is 5.97 Å². The molecule has 5 nitrogen and oxygen atoms in total. The van der Waals surface area contributed by atoms with Crippen molar-refractivity contribution >= 4 is 5.97 Å². The number of carbonyl (C=O) groups is 1. The Kier molecular flexibility index (Phi) is 6.83. The van der Waals surface area contributed by atoms with Crippen molar-refractivity contribution in [3.63, 3.8) is 0 Å². The van der Waals surface area contributed by atoms with Gasteiger partial charge in [-0.1, -0.05) is 12.1 Å². The highest BCUT2D eigenvalue weighted by Gasteiger charge is 2.09. The zero-order valence-electron chi connectivity index (χ0n) is 10.2. The predicted octanol–water partition coefficient (Wildman–Crippen LogP) is 1.55. The van der Waals surface area contributed by atoms with Gasteiger partial charge in [-0.3, -0.25) is 0 Å². The van der Waals surface area contributed by atoms with Crippen LogP contribution in [-0.2, 0) is 4.74 Å². The van der Waals surface area contributed by atoms with E-state index in [1.807, 2.05) is 0 Å². The van der Waals surface area contributed by atoms with Gasteiger partial charge in [-0.2, -0.15) is 0 Å². The van der Waals surface area contributed by atoms with Gasteiger partial charge >= 0.3 is 5.97 Å². The molecule has 2 N–H and O–H groups in total. The summed E-state index contributed by atoms with van der Waals surface area (Å²) in [4.78, 5) is 10.9. The Morgan fingerprint density at radius 2 is 1.83 bits per heavy atom. The van der Waals surface area contributed by atoms with E-state index in [9.17, 15) is 4.79 Å². The molecule has 1 rings (SSSR count). The summed E-state index contributed by atoms with van der Waals surface area (Å²) < 4.78 is 10.6. The number of aromatic carboxylic acids is 1. The van der Waals surface area contributed by atoms with Gasteiger partial charge in [0.15, 0.2) is 0 Å². The number of hydrogen-bond donors (Lipinski definition) is 2. The molecule has 0 spiro atoms. The van der Waals surface area contributed by atoms with Gasteiger partial charge in [-0.25, -0.2) is 4.79 Å². The number of rotatable bonds is 9. The second kappa shape index (κ2) is 8.49. The number of aliphatic hydroxyl groups excluding tert-OH is 1. The van der Waals surface area contributed by atoms with Crippen molar-refractivity contribution in [1.29, 1.82) is 0 Å². The highest BCUT2D eigenvalue weighted by Crippen LogP contribution is 2.17.